The first kappa shape index (κ1) is 18.7. The molecule has 0 radical (unpaired) electrons. The van der Waals surface area contributed by atoms with E-state index in [2.05, 4.69) is 27.3 Å². The summed E-state index contributed by atoms with van der Waals surface area (Å²) < 4.78 is 4.92. The summed E-state index contributed by atoms with van der Waals surface area (Å²) in [5.74, 6) is 0.196. The van der Waals surface area contributed by atoms with E-state index < -0.39 is 5.97 Å². The lowest BCUT2D eigenvalue weighted by atomic mass is 10.2. The Balaban J connectivity index is 1.45. The fourth-order valence-corrected chi connectivity index (χ4v) is 2.96. The van der Waals surface area contributed by atoms with E-state index in [4.69, 9.17) is 4.74 Å². The van der Waals surface area contributed by atoms with Crippen LogP contribution in [-0.4, -0.2) is 61.1 Å². The number of hydrogen-bond acceptors (Lipinski definition) is 6. The maximum atomic E-state index is 12.4. The second-order valence-electron chi connectivity index (χ2n) is 6.21. The molecule has 3 rings (SSSR count). The van der Waals surface area contributed by atoms with Gasteiger partial charge in [0.2, 0.25) is 5.91 Å². The molecule has 2 aromatic rings. The number of nitrogens with zero attached hydrogens (tertiary/aromatic N) is 3. The molecular formula is C20H24N4O3. The maximum absolute atomic E-state index is 12.4. The number of rotatable bonds is 6. The zero-order valence-corrected chi connectivity index (χ0v) is 15.4. The highest BCUT2D eigenvalue weighted by Gasteiger charge is 2.21. The van der Waals surface area contributed by atoms with Crippen molar-refractivity contribution in [1.82, 2.24) is 9.88 Å². The van der Waals surface area contributed by atoms with Gasteiger partial charge >= 0.3 is 5.97 Å². The minimum Gasteiger partial charge on any atom is -0.462 e. The SMILES string of the molecule is CCOC(=O)c1ccc(NCC(=O)N2CCN(c3ccccc3)CC2)nc1. The summed E-state index contributed by atoms with van der Waals surface area (Å²) in [7, 11) is 0. The highest BCUT2D eigenvalue weighted by atomic mass is 16.5. The molecule has 0 saturated carbocycles. The van der Waals surface area contributed by atoms with E-state index >= 15 is 0 Å². The molecule has 1 aromatic carbocycles. The molecule has 0 aliphatic carbocycles. The first-order valence-corrected chi connectivity index (χ1v) is 9.12. The molecule has 0 bridgehead atoms. The normalized spacial score (nSPS) is 14.0. The van der Waals surface area contributed by atoms with Crippen molar-refractivity contribution in [2.24, 2.45) is 0 Å². The van der Waals surface area contributed by atoms with Gasteiger partial charge in [-0.25, -0.2) is 9.78 Å². The van der Waals surface area contributed by atoms with Crippen LogP contribution in [0, 0.1) is 0 Å². The Hall–Kier alpha value is -3.09. The van der Waals surface area contributed by atoms with Gasteiger partial charge in [-0.3, -0.25) is 4.79 Å². The number of benzene rings is 1. The maximum Gasteiger partial charge on any atom is 0.339 e. The highest BCUT2D eigenvalue weighted by Crippen LogP contribution is 2.15. The molecule has 2 heterocycles. The van der Waals surface area contributed by atoms with Crippen LogP contribution in [0.5, 0.6) is 0 Å². The molecule has 1 N–H and O–H groups in total. The van der Waals surface area contributed by atoms with Crippen LogP contribution in [0.2, 0.25) is 0 Å². The van der Waals surface area contributed by atoms with Crippen molar-refractivity contribution < 1.29 is 14.3 Å². The van der Waals surface area contributed by atoms with Gasteiger partial charge in [0.15, 0.2) is 0 Å². The van der Waals surface area contributed by atoms with Crippen LogP contribution in [0.3, 0.4) is 0 Å². The molecule has 27 heavy (non-hydrogen) atoms. The van der Waals surface area contributed by atoms with Crippen molar-refractivity contribution in [3.05, 3.63) is 54.2 Å². The van der Waals surface area contributed by atoms with E-state index in [0.29, 0.717) is 31.1 Å². The van der Waals surface area contributed by atoms with Gasteiger partial charge in [0.25, 0.3) is 0 Å². The van der Waals surface area contributed by atoms with Crippen molar-refractivity contribution in [3.63, 3.8) is 0 Å². The van der Waals surface area contributed by atoms with Crippen LogP contribution in [0.1, 0.15) is 17.3 Å². The number of pyridine rings is 1. The summed E-state index contributed by atoms with van der Waals surface area (Å²) in [6, 6.07) is 13.5. The van der Waals surface area contributed by atoms with Gasteiger partial charge in [-0.15, -0.1) is 0 Å². The highest BCUT2D eigenvalue weighted by molar-refractivity contribution is 5.89. The molecule has 1 aromatic heterocycles. The lowest BCUT2D eigenvalue weighted by Gasteiger charge is -2.36. The van der Waals surface area contributed by atoms with E-state index in [1.54, 1.807) is 19.1 Å². The van der Waals surface area contributed by atoms with Gasteiger partial charge in [0, 0.05) is 38.1 Å². The zero-order chi connectivity index (χ0) is 19.1. The van der Waals surface area contributed by atoms with Gasteiger partial charge < -0.3 is 19.9 Å². The molecule has 1 fully saturated rings. The molecule has 142 valence electrons. The molecule has 7 heteroatoms. The molecule has 1 aliphatic heterocycles. The molecule has 0 atom stereocenters. The minimum absolute atomic E-state index is 0.0407. The number of esters is 1. The largest absolute Gasteiger partial charge is 0.462 e. The van der Waals surface area contributed by atoms with Crippen LogP contribution >= 0.6 is 0 Å². The molecule has 0 unspecified atom stereocenters. The summed E-state index contributed by atoms with van der Waals surface area (Å²) >= 11 is 0. The third-order valence-corrected chi connectivity index (χ3v) is 4.45. The Labute approximate surface area is 158 Å². The molecule has 7 nitrogen and oxygen atoms in total. The lowest BCUT2D eigenvalue weighted by molar-refractivity contribution is -0.129. The van der Waals surface area contributed by atoms with Crippen LogP contribution in [0.25, 0.3) is 0 Å². The molecule has 1 saturated heterocycles. The summed E-state index contributed by atoms with van der Waals surface area (Å²) in [6.45, 7) is 5.30. The third kappa shape index (κ3) is 4.97. The number of hydrogen-bond donors (Lipinski definition) is 1. The fraction of sp³-hybridized carbons (Fsp3) is 0.350. The number of carbonyl (C=O) groups excluding carboxylic acids is 2. The van der Waals surface area contributed by atoms with Crippen molar-refractivity contribution >= 4 is 23.4 Å². The molecule has 1 aliphatic rings. The van der Waals surface area contributed by atoms with Gasteiger partial charge in [0.05, 0.1) is 18.7 Å². The van der Waals surface area contributed by atoms with Crippen molar-refractivity contribution in [2.45, 2.75) is 6.92 Å². The number of para-hydroxylation sites is 1. The van der Waals surface area contributed by atoms with Gasteiger partial charge in [-0.2, -0.15) is 0 Å². The van der Waals surface area contributed by atoms with E-state index in [1.165, 1.54) is 11.9 Å². The first-order chi connectivity index (χ1) is 13.2. The predicted molar refractivity (Wildman–Crippen MR) is 104 cm³/mol. The Morgan fingerprint density at radius 2 is 1.81 bits per heavy atom. The van der Waals surface area contributed by atoms with Gasteiger partial charge in [-0.1, -0.05) is 18.2 Å². The van der Waals surface area contributed by atoms with E-state index in [-0.39, 0.29) is 12.5 Å². The lowest BCUT2D eigenvalue weighted by Crippen LogP contribution is -2.50. The second-order valence-corrected chi connectivity index (χ2v) is 6.21. The molecular weight excluding hydrogens is 344 g/mol. The summed E-state index contributed by atoms with van der Waals surface area (Å²) in [6.07, 6.45) is 1.45. The predicted octanol–water partition coefficient (Wildman–Crippen LogP) is 2.02. The van der Waals surface area contributed by atoms with Crippen LogP contribution in [-0.2, 0) is 9.53 Å². The topological polar surface area (TPSA) is 74.8 Å². The quantitative estimate of drug-likeness (QED) is 0.787. The smallest absolute Gasteiger partial charge is 0.339 e. The zero-order valence-electron chi connectivity index (χ0n) is 15.4. The Bertz CT molecular complexity index is 757. The number of amides is 1. The average Bonchev–Trinajstić information content (AvgIpc) is 2.73. The summed E-state index contributed by atoms with van der Waals surface area (Å²) in [5.41, 5.74) is 1.58. The Morgan fingerprint density at radius 1 is 1.07 bits per heavy atom. The number of aromatic nitrogens is 1. The first-order valence-electron chi connectivity index (χ1n) is 9.12. The van der Waals surface area contributed by atoms with E-state index in [1.807, 2.05) is 23.1 Å². The van der Waals surface area contributed by atoms with E-state index in [0.717, 1.165) is 13.1 Å². The van der Waals surface area contributed by atoms with Crippen molar-refractivity contribution in [2.75, 3.05) is 49.5 Å². The molecule has 0 spiro atoms. The number of anilines is 2. The standard InChI is InChI=1S/C20H24N4O3/c1-2-27-20(26)16-8-9-18(21-14-16)22-15-19(25)24-12-10-23(11-13-24)17-6-4-3-5-7-17/h3-9,14H,2,10-13,15H2,1H3,(H,21,22). The van der Waals surface area contributed by atoms with Gasteiger partial charge in [-0.05, 0) is 31.2 Å². The number of nitrogens with one attached hydrogen (secondary N) is 1. The minimum atomic E-state index is -0.399. The monoisotopic (exact) mass is 368 g/mol. The third-order valence-electron chi connectivity index (χ3n) is 4.45. The van der Waals surface area contributed by atoms with Crippen molar-refractivity contribution in [1.29, 1.82) is 0 Å². The molecule has 1 amide bonds. The summed E-state index contributed by atoms with van der Waals surface area (Å²) in [4.78, 5) is 32.3. The second kappa shape index (κ2) is 9.02. The van der Waals surface area contributed by atoms with Gasteiger partial charge in [0.1, 0.15) is 5.82 Å². The number of piperazine rings is 1. The average molecular weight is 368 g/mol. The van der Waals surface area contributed by atoms with Crippen molar-refractivity contribution in [3.8, 4) is 0 Å². The summed E-state index contributed by atoms with van der Waals surface area (Å²) in [5, 5.41) is 3.01. The fourth-order valence-electron chi connectivity index (χ4n) is 2.96. The van der Waals surface area contributed by atoms with E-state index in [9.17, 15) is 9.59 Å². The van der Waals surface area contributed by atoms with Crippen LogP contribution in [0.4, 0.5) is 11.5 Å². The number of carbonyl (C=O) groups is 2. The Morgan fingerprint density at radius 3 is 2.44 bits per heavy atom. The Kier molecular flexibility index (Phi) is 6.25. The van der Waals surface area contributed by atoms with Crippen LogP contribution in [0.15, 0.2) is 48.7 Å². The number of ether oxygens (including phenoxy) is 1. The van der Waals surface area contributed by atoms with Crippen LogP contribution < -0.4 is 10.2 Å².